The minimum atomic E-state index is -1.13. The molecular weight excluding hydrogens is 499 g/mol. The maximum Gasteiger partial charge on any atom is 0.326 e. The minimum Gasteiger partial charge on any atom is -0.480 e. The Hall–Kier alpha value is -3.29. The molecule has 1 aromatic heterocycles. The molecule has 1 atom stereocenters. The fourth-order valence-electron chi connectivity index (χ4n) is 4.34. The van der Waals surface area contributed by atoms with Gasteiger partial charge < -0.3 is 20.6 Å². The van der Waals surface area contributed by atoms with Crippen molar-refractivity contribution in [3.63, 3.8) is 0 Å². The van der Waals surface area contributed by atoms with Crippen LogP contribution in [0.5, 0.6) is 0 Å². The van der Waals surface area contributed by atoms with Crippen LogP contribution in [0, 0.1) is 5.92 Å². The van der Waals surface area contributed by atoms with Crippen LogP contribution in [0.3, 0.4) is 0 Å². The largest absolute Gasteiger partial charge is 0.480 e. The Morgan fingerprint density at radius 2 is 1.69 bits per heavy atom. The first-order chi connectivity index (χ1) is 17.4. The predicted octanol–water partition coefficient (Wildman–Crippen LogP) is 5.14. The lowest BCUT2D eigenvalue weighted by molar-refractivity contribution is -0.139. The molecule has 0 radical (unpaired) electrons. The minimum absolute atomic E-state index is 0.0704. The van der Waals surface area contributed by atoms with Gasteiger partial charge in [0, 0.05) is 37.9 Å². The second kappa shape index (κ2) is 12.1. The Balaban J connectivity index is 1.30. The molecule has 2 heterocycles. The third-order valence-corrected chi connectivity index (χ3v) is 7.02. The van der Waals surface area contributed by atoms with Crippen LogP contribution in [-0.4, -0.2) is 47.6 Å². The molecule has 188 valence electrons. The number of carboxylic acid groups (broad SMARTS) is 1. The van der Waals surface area contributed by atoms with E-state index in [1.54, 1.807) is 12.3 Å². The molecule has 0 saturated carbocycles. The summed E-state index contributed by atoms with van der Waals surface area (Å²) in [6, 6.07) is 17.3. The van der Waals surface area contributed by atoms with Gasteiger partial charge in [-0.15, -0.1) is 0 Å². The zero-order valence-electron chi connectivity index (χ0n) is 19.7. The van der Waals surface area contributed by atoms with Gasteiger partial charge in [0.25, 0.3) is 5.91 Å². The molecule has 0 aliphatic carbocycles. The van der Waals surface area contributed by atoms with Crippen LogP contribution < -0.4 is 15.5 Å². The van der Waals surface area contributed by atoms with Gasteiger partial charge in [-0.05, 0) is 60.7 Å². The van der Waals surface area contributed by atoms with E-state index in [-0.39, 0.29) is 22.0 Å². The lowest BCUT2D eigenvalue weighted by atomic mass is 9.96. The fourth-order valence-corrected chi connectivity index (χ4v) is 4.90. The number of rotatable bonds is 9. The van der Waals surface area contributed by atoms with Crippen molar-refractivity contribution >= 4 is 46.6 Å². The number of hydrogen-bond donors (Lipinski definition) is 3. The summed E-state index contributed by atoms with van der Waals surface area (Å²) in [5.74, 6) is -0.248. The second-order valence-corrected chi connectivity index (χ2v) is 9.67. The summed E-state index contributed by atoms with van der Waals surface area (Å²) in [6.45, 7) is 2.83. The number of amides is 1. The Bertz CT molecular complexity index is 1160. The summed E-state index contributed by atoms with van der Waals surface area (Å²) in [4.78, 5) is 31.1. The molecule has 2 aromatic carbocycles. The van der Waals surface area contributed by atoms with Crippen molar-refractivity contribution < 1.29 is 14.7 Å². The van der Waals surface area contributed by atoms with Gasteiger partial charge >= 0.3 is 5.97 Å². The van der Waals surface area contributed by atoms with Crippen LogP contribution in [0.2, 0.25) is 10.0 Å². The van der Waals surface area contributed by atoms with Crippen molar-refractivity contribution in [3.8, 4) is 0 Å². The van der Waals surface area contributed by atoms with Gasteiger partial charge in [-0.1, -0.05) is 47.5 Å². The van der Waals surface area contributed by atoms with Gasteiger partial charge in [-0.25, -0.2) is 9.78 Å². The number of nitrogens with zero attached hydrogens (tertiary/aromatic N) is 2. The summed E-state index contributed by atoms with van der Waals surface area (Å²) in [6.07, 6.45) is 4.10. The second-order valence-electron chi connectivity index (χ2n) is 8.86. The van der Waals surface area contributed by atoms with E-state index in [1.807, 2.05) is 42.5 Å². The molecule has 4 rings (SSSR count). The molecular formula is C27H28Cl2N4O3. The highest BCUT2D eigenvalue weighted by molar-refractivity contribution is 6.39. The van der Waals surface area contributed by atoms with E-state index in [2.05, 4.69) is 20.5 Å². The number of halogens is 2. The molecule has 7 nitrogen and oxygen atoms in total. The van der Waals surface area contributed by atoms with Gasteiger partial charge in [0.2, 0.25) is 0 Å². The average molecular weight is 527 g/mol. The number of piperidine rings is 1. The summed E-state index contributed by atoms with van der Waals surface area (Å²) < 4.78 is 0. The zero-order valence-corrected chi connectivity index (χ0v) is 21.2. The normalized spacial score (nSPS) is 14.8. The molecule has 1 aliphatic rings. The highest BCUT2D eigenvalue weighted by atomic mass is 35.5. The third-order valence-electron chi connectivity index (χ3n) is 6.39. The monoisotopic (exact) mass is 526 g/mol. The Kier molecular flexibility index (Phi) is 8.67. The number of nitrogens with one attached hydrogen (secondary N) is 2. The number of aliphatic carboxylic acids is 1. The number of carbonyl (C=O) groups excluding carboxylic acids is 1. The maximum atomic E-state index is 12.6. The maximum absolute atomic E-state index is 12.6. The van der Waals surface area contributed by atoms with Crippen molar-refractivity contribution in [1.29, 1.82) is 0 Å². The number of aromatic nitrogens is 1. The summed E-state index contributed by atoms with van der Waals surface area (Å²) >= 11 is 12.2. The first kappa shape index (κ1) is 25.8. The lowest BCUT2D eigenvalue weighted by Gasteiger charge is -2.34. The molecule has 1 amide bonds. The quantitative estimate of drug-likeness (QED) is 0.357. The molecule has 1 saturated heterocycles. The van der Waals surface area contributed by atoms with E-state index in [4.69, 9.17) is 23.2 Å². The number of pyridine rings is 1. The SMILES string of the molecule is O=C(N[C@H](Cc1ccc(N2CCC(CNc3ccccn3)CC2)cc1)C(=O)O)c1c(Cl)cccc1Cl. The van der Waals surface area contributed by atoms with Crippen molar-refractivity contribution in [2.75, 3.05) is 29.9 Å². The van der Waals surface area contributed by atoms with Crippen LogP contribution >= 0.6 is 23.2 Å². The average Bonchev–Trinajstić information content (AvgIpc) is 2.88. The molecule has 3 N–H and O–H groups in total. The Morgan fingerprint density at radius 3 is 2.31 bits per heavy atom. The van der Waals surface area contributed by atoms with Gasteiger partial charge in [0.15, 0.2) is 0 Å². The van der Waals surface area contributed by atoms with E-state index >= 15 is 0 Å². The van der Waals surface area contributed by atoms with E-state index in [9.17, 15) is 14.7 Å². The number of hydrogen-bond acceptors (Lipinski definition) is 5. The predicted molar refractivity (Wildman–Crippen MR) is 143 cm³/mol. The zero-order chi connectivity index (χ0) is 25.5. The van der Waals surface area contributed by atoms with E-state index in [1.165, 1.54) is 12.1 Å². The van der Waals surface area contributed by atoms with Gasteiger partial charge in [0.05, 0.1) is 15.6 Å². The van der Waals surface area contributed by atoms with E-state index in [0.717, 1.165) is 49.5 Å². The van der Waals surface area contributed by atoms with Gasteiger partial charge in [-0.2, -0.15) is 0 Å². The molecule has 0 unspecified atom stereocenters. The molecule has 36 heavy (non-hydrogen) atoms. The molecule has 3 aromatic rings. The summed E-state index contributed by atoms with van der Waals surface area (Å²) in [5.41, 5.74) is 1.99. The topological polar surface area (TPSA) is 94.6 Å². The van der Waals surface area contributed by atoms with Crippen LogP contribution in [0.4, 0.5) is 11.5 Å². The first-order valence-corrected chi connectivity index (χ1v) is 12.6. The smallest absolute Gasteiger partial charge is 0.326 e. The third kappa shape index (κ3) is 6.68. The Labute approximate surface area is 220 Å². The van der Waals surface area contributed by atoms with Crippen molar-refractivity contribution in [3.05, 3.63) is 88.0 Å². The number of carbonyl (C=O) groups is 2. The first-order valence-electron chi connectivity index (χ1n) is 11.9. The number of carboxylic acids is 1. The fraction of sp³-hybridized carbons (Fsp3) is 0.296. The summed E-state index contributed by atoms with van der Waals surface area (Å²) in [5, 5.41) is 16.0. The Morgan fingerprint density at radius 1 is 1.00 bits per heavy atom. The lowest BCUT2D eigenvalue weighted by Crippen LogP contribution is -2.42. The van der Waals surface area contributed by atoms with E-state index < -0.39 is 17.9 Å². The van der Waals surface area contributed by atoms with Crippen LogP contribution in [0.1, 0.15) is 28.8 Å². The molecule has 1 aliphatic heterocycles. The van der Waals surface area contributed by atoms with Crippen LogP contribution in [0.25, 0.3) is 0 Å². The molecule has 0 bridgehead atoms. The summed E-state index contributed by atoms with van der Waals surface area (Å²) in [7, 11) is 0. The van der Waals surface area contributed by atoms with Gasteiger partial charge in [0.1, 0.15) is 11.9 Å². The van der Waals surface area contributed by atoms with Crippen molar-refractivity contribution in [1.82, 2.24) is 10.3 Å². The molecule has 0 spiro atoms. The van der Waals surface area contributed by atoms with Crippen molar-refractivity contribution in [2.45, 2.75) is 25.3 Å². The van der Waals surface area contributed by atoms with Gasteiger partial charge in [-0.3, -0.25) is 4.79 Å². The molecule has 9 heteroatoms. The van der Waals surface area contributed by atoms with Crippen molar-refractivity contribution in [2.24, 2.45) is 5.92 Å². The van der Waals surface area contributed by atoms with Crippen LogP contribution in [0.15, 0.2) is 66.9 Å². The van der Waals surface area contributed by atoms with Crippen LogP contribution in [-0.2, 0) is 11.2 Å². The highest BCUT2D eigenvalue weighted by Crippen LogP contribution is 2.26. The molecule has 1 fully saturated rings. The number of benzene rings is 2. The highest BCUT2D eigenvalue weighted by Gasteiger charge is 2.24. The number of anilines is 2. The van der Waals surface area contributed by atoms with E-state index in [0.29, 0.717) is 5.92 Å². The standard InChI is InChI=1S/C27H28Cl2N4O3/c28-21-4-3-5-22(29)25(21)26(34)32-23(27(35)36)16-18-7-9-20(10-8-18)33-14-11-19(12-15-33)17-31-24-6-1-2-13-30-24/h1-10,13,19,23H,11-12,14-17H2,(H,30,31)(H,32,34)(H,35,36)/t23-/m1/s1.